The minimum atomic E-state index is 0.0510. The van der Waals surface area contributed by atoms with E-state index in [1.807, 2.05) is 18.2 Å². The lowest BCUT2D eigenvalue weighted by Gasteiger charge is -2.31. The fourth-order valence-corrected chi connectivity index (χ4v) is 6.21. The molecule has 0 bridgehead atoms. The summed E-state index contributed by atoms with van der Waals surface area (Å²) in [7, 11) is 0. The van der Waals surface area contributed by atoms with Crippen molar-refractivity contribution in [3.05, 3.63) is 34.9 Å². The molecule has 0 radical (unpaired) electrons. The minimum Gasteiger partial charge on any atom is -0.354 e. The van der Waals surface area contributed by atoms with Crippen molar-refractivity contribution in [1.82, 2.24) is 15.5 Å². The Kier molecular flexibility index (Phi) is 9.08. The van der Waals surface area contributed by atoms with Gasteiger partial charge in [-0.1, -0.05) is 43.0 Å². The van der Waals surface area contributed by atoms with Gasteiger partial charge >= 0.3 is 0 Å². The summed E-state index contributed by atoms with van der Waals surface area (Å²) in [6, 6.07) is 8.43. The Morgan fingerprint density at radius 3 is 2.39 bits per heavy atom. The molecule has 0 spiro atoms. The molecule has 33 heavy (non-hydrogen) atoms. The zero-order valence-corrected chi connectivity index (χ0v) is 20.6. The summed E-state index contributed by atoms with van der Waals surface area (Å²) < 4.78 is 0. The topological polar surface area (TPSA) is 61.4 Å². The van der Waals surface area contributed by atoms with Crippen LogP contribution in [0.4, 0.5) is 0 Å². The molecule has 1 heterocycles. The van der Waals surface area contributed by atoms with Gasteiger partial charge in [-0.25, -0.2) is 0 Å². The lowest BCUT2D eigenvalue weighted by molar-refractivity contribution is -0.126. The van der Waals surface area contributed by atoms with Crippen LogP contribution in [0.1, 0.15) is 88.7 Å². The highest BCUT2D eigenvalue weighted by atomic mass is 35.5. The number of nitrogens with one attached hydrogen (secondary N) is 2. The van der Waals surface area contributed by atoms with Gasteiger partial charge in [0.2, 0.25) is 11.8 Å². The molecule has 3 fully saturated rings. The largest absolute Gasteiger partial charge is 0.354 e. The Labute approximate surface area is 204 Å². The van der Waals surface area contributed by atoms with E-state index in [0.29, 0.717) is 18.9 Å². The minimum absolute atomic E-state index is 0.0510. The average Bonchev–Trinajstić information content (AvgIpc) is 3.35. The second kappa shape index (κ2) is 12.2. The van der Waals surface area contributed by atoms with E-state index in [1.165, 1.54) is 50.5 Å². The highest BCUT2D eigenvalue weighted by Crippen LogP contribution is 2.29. The fourth-order valence-electron chi connectivity index (χ4n) is 6.01. The van der Waals surface area contributed by atoms with Crippen molar-refractivity contribution >= 4 is 23.4 Å². The van der Waals surface area contributed by atoms with Crippen molar-refractivity contribution in [3.63, 3.8) is 0 Å². The Hall–Kier alpha value is -1.59. The number of carbonyl (C=O) groups excluding carboxylic acids is 2. The molecule has 2 aliphatic carbocycles. The van der Waals surface area contributed by atoms with Crippen LogP contribution in [0, 0.1) is 11.8 Å². The summed E-state index contributed by atoms with van der Waals surface area (Å²) in [5, 5.41) is 7.24. The average molecular weight is 474 g/mol. The summed E-state index contributed by atoms with van der Waals surface area (Å²) in [5.41, 5.74) is 1.18. The number of rotatable bonds is 8. The summed E-state index contributed by atoms with van der Waals surface area (Å²) in [5.74, 6) is 0.997. The molecule has 1 saturated heterocycles. The summed E-state index contributed by atoms with van der Waals surface area (Å²) >= 11 is 6.25. The summed E-state index contributed by atoms with van der Waals surface area (Å²) in [4.78, 5) is 27.9. The maximum atomic E-state index is 13.0. The van der Waals surface area contributed by atoms with Crippen molar-refractivity contribution in [2.24, 2.45) is 11.8 Å². The van der Waals surface area contributed by atoms with Crippen molar-refractivity contribution in [3.8, 4) is 0 Å². The maximum absolute atomic E-state index is 13.0. The summed E-state index contributed by atoms with van der Waals surface area (Å²) in [6.45, 7) is 2.76. The molecule has 6 heteroatoms. The monoisotopic (exact) mass is 473 g/mol. The zero-order chi connectivity index (χ0) is 23.0. The SMILES string of the molecule is O=C(CC1CCCCC1)NC1CCC(C(=O)NCC(c2cccc(Cl)c2)N2CCCC2)CC1. The highest BCUT2D eigenvalue weighted by molar-refractivity contribution is 6.30. The first-order valence-electron chi connectivity index (χ1n) is 13.1. The first kappa shape index (κ1) is 24.5. The molecule has 5 nitrogen and oxygen atoms in total. The third kappa shape index (κ3) is 7.19. The lowest BCUT2D eigenvalue weighted by Crippen LogP contribution is -2.43. The normalized spacial score (nSPS) is 25.5. The van der Waals surface area contributed by atoms with Gasteiger partial charge in [0.15, 0.2) is 0 Å². The third-order valence-corrected chi connectivity index (χ3v) is 8.18. The van der Waals surface area contributed by atoms with Gasteiger partial charge in [-0.15, -0.1) is 0 Å². The van der Waals surface area contributed by atoms with E-state index < -0.39 is 0 Å². The fraction of sp³-hybridized carbons (Fsp3) is 0.704. The van der Waals surface area contributed by atoms with E-state index in [-0.39, 0.29) is 29.8 Å². The number of amides is 2. The molecule has 1 atom stereocenters. The van der Waals surface area contributed by atoms with Crippen molar-refractivity contribution in [1.29, 1.82) is 0 Å². The molecular formula is C27H40ClN3O2. The number of halogens is 1. The van der Waals surface area contributed by atoms with E-state index in [0.717, 1.165) is 43.8 Å². The highest BCUT2D eigenvalue weighted by Gasteiger charge is 2.29. The van der Waals surface area contributed by atoms with Crippen molar-refractivity contribution in [2.45, 2.75) is 89.1 Å². The number of hydrogen-bond donors (Lipinski definition) is 2. The van der Waals surface area contributed by atoms with E-state index >= 15 is 0 Å². The van der Waals surface area contributed by atoms with E-state index in [4.69, 9.17) is 11.6 Å². The van der Waals surface area contributed by atoms with E-state index in [1.54, 1.807) is 0 Å². The first-order chi connectivity index (χ1) is 16.1. The van der Waals surface area contributed by atoms with Crippen LogP contribution in [-0.4, -0.2) is 42.4 Å². The van der Waals surface area contributed by atoms with Crippen molar-refractivity contribution < 1.29 is 9.59 Å². The number of hydrogen-bond acceptors (Lipinski definition) is 3. The second-order valence-electron chi connectivity index (χ2n) is 10.4. The molecule has 2 N–H and O–H groups in total. The van der Waals surface area contributed by atoms with E-state index in [9.17, 15) is 9.59 Å². The van der Waals surface area contributed by atoms with Crippen LogP contribution in [0.2, 0.25) is 5.02 Å². The van der Waals surface area contributed by atoms with Crippen LogP contribution < -0.4 is 10.6 Å². The number of likely N-dealkylation sites (tertiary alicyclic amines) is 1. The van der Waals surface area contributed by atoms with Gasteiger partial charge in [0, 0.05) is 29.9 Å². The van der Waals surface area contributed by atoms with Gasteiger partial charge in [-0.3, -0.25) is 14.5 Å². The quantitative estimate of drug-likeness (QED) is 0.542. The predicted octanol–water partition coefficient (Wildman–Crippen LogP) is 5.24. The number of nitrogens with zero attached hydrogens (tertiary/aromatic N) is 1. The van der Waals surface area contributed by atoms with Gasteiger partial charge in [-0.2, -0.15) is 0 Å². The van der Waals surface area contributed by atoms with Crippen LogP contribution in [0.3, 0.4) is 0 Å². The van der Waals surface area contributed by atoms with Crippen molar-refractivity contribution in [2.75, 3.05) is 19.6 Å². The molecule has 1 aromatic carbocycles. The molecule has 1 aromatic rings. The summed E-state index contributed by atoms with van der Waals surface area (Å²) in [6.07, 6.45) is 12.9. The molecule has 4 rings (SSSR count). The van der Waals surface area contributed by atoms with Crippen LogP contribution in [0.5, 0.6) is 0 Å². The van der Waals surface area contributed by atoms with E-state index in [2.05, 4.69) is 21.6 Å². The van der Waals surface area contributed by atoms with Gasteiger partial charge in [0.25, 0.3) is 0 Å². The van der Waals surface area contributed by atoms with Crippen LogP contribution >= 0.6 is 11.6 Å². The van der Waals surface area contributed by atoms with Gasteiger partial charge in [-0.05, 0) is 88.1 Å². The standard InChI is InChI=1S/C27H40ClN3O2/c28-23-10-6-9-22(18-23)25(31-15-4-5-16-31)19-29-27(33)21-11-13-24(14-12-21)30-26(32)17-20-7-2-1-3-8-20/h6,9-10,18,20-21,24-25H,1-5,7-8,11-17,19H2,(H,29,33)(H,30,32). The lowest BCUT2D eigenvalue weighted by atomic mass is 9.84. The molecule has 0 aromatic heterocycles. The molecule has 2 amide bonds. The van der Waals surface area contributed by atoms with Crippen LogP contribution in [0.25, 0.3) is 0 Å². The van der Waals surface area contributed by atoms with Gasteiger partial charge in [0.05, 0.1) is 6.04 Å². The maximum Gasteiger partial charge on any atom is 0.223 e. The molecule has 1 aliphatic heterocycles. The number of carbonyl (C=O) groups is 2. The molecular weight excluding hydrogens is 434 g/mol. The van der Waals surface area contributed by atoms with Gasteiger partial charge < -0.3 is 10.6 Å². The van der Waals surface area contributed by atoms with Crippen LogP contribution in [0.15, 0.2) is 24.3 Å². The van der Waals surface area contributed by atoms with Crippen LogP contribution in [-0.2, 0) is 9.59 Å². The Morgan fingerprint density at radius 1 is 0.970 bits per heavy atom. The number of benzene rings is 1. The molecule has 3 aliphatic rings. The molecule has 2 saturated carbocycles. The molecule has 1 unspecified atom stereocenters. The third-order valence-electron chi connectivity index (χ3n) is 7.95. The van der Waals surface area contributed by atoms with Gasteiger partial charge in [0.1, 0.15) is 0 Å². The first-order valence-corrected chi connectivity index (χ1v) is 13.5. The second-order valence-corrected chi connectivity index (χ2v) is 10.8. The Morgan fingerprint density at radius 2 is 1.70 bits per heavy atom. The molecule has 182 valence electrons. The zero-order valence-electron chi connectivity index (χ0n) is 19.9. The Bertz CT molecular complexity index is 781. The smallest absolute Gasteiger partial charge is 0.223 e. The predicted molar refractivity (Wildman–Crippen MR) is 133 cm³/mol. The Balaban J connectivity index is 1.22.